The van der Waals surface area contributed by atoms with Gasteiger partial charge in [-0.1, -0.05) is 0 Å². The van der Waals surface area contributed by atoms with E-state index in [1.54, 1.807) is 22.7 Å². The van der Waals surface area contributed by atoms with E-state index < -0.39 is 11.2 Å². The smallest absolute Gasteiger partial charge is 0.288 e. The van der Waals surface area contributed by atoms with Crippen LogP contribution in [0.1, 0.15) is 28.9 Å². The Morgan fingerprint density at radius 2 is 1.94 bits per heavy atom. The molecule has 1 aromatic heterocycles. The Hall–Kier alpha value is -1.82. The van der Waals surface area contributed by atoms with Crippen molar-refractivity contribution in [2.45, 2.75) is 26.4 Å². The third-order valence-electron chi connectivity index (χ3n) is 3.56. The molecule has 18 heavy (non-hydrogen) atoms. The summed E-state index contributed by atoms with van der Waals surface area (Å²) >= 11 is 0. The Kier molecular flexibility index (Phi) is 2.41. The van der Waals surface area contributed by atoms with Crippen molar-refractivity contribution >= 4 is 5.91 Å². The summed E-state index contributed by atoms with van der Waals surface area (Å²) in [5.41, 5.74) is 0.110. The highest BCUT2D eigenvalue weighted by atomic mass is 16.3. The van der Waals surface area contributed by atoms with Crippen LogP contribution >= 0.6 is 0 Å². The molecule has 0 bridgehead atoms. The lowest BCUT2D eigenvalue weighted by Gasteiger charge is -2.43. The second kappa shape index (κ2) is 3.84. The predicted molar refractivity (Wildman–Crippen MR) is 64.1 cm³/mol. The van der Waals surface area contributed by atoms with E-state index in [1.807, 2.05) is 5.01 Å². The summed E-state index contributed by atoms with van der Waals surface area (Å²) < 4.78 is 1.66. The summed E-state index contributed by atoms with van der Waals surface area (Å²) in [7, 11) is 0. The van der Waals surface area contributed by atoms with E-state index in [2.05, 4.69) is 0 Å². The number of rotatable bonds is 0. The number of aromatic hydroxyl groups is 1. The Bertz CT molecular complexity index is 579. The fraction of sp³-hybridized carbons (Fsp3) is 0.500. The minimum Gasteiger partial charge on any atom is -0.503 e. The molecule has 1 saturated heterocycles. The molecule has 3 rings (SSSR count). The number of fused-ring (bicyclic) bond motifs is 2. The van der Waals surface area contributed by atoms with Gasteiger partial charge in [-0.25, -0.2) is 0 Å². The van der Waals surface area contributed by atoms with Gasteiger partial charge >= 0.3 is 0 Å². The molecule has 1 fully saturated rings. The van der Waals surface area contributed by atoms with E-state index >= 15 is 0 Å². The molecule has 96 valence electrons. The van der Waals surface area contributed by atoms with Crippen LogP contribution in [0.3, 0.4) is 0 Å². The van der Waals surface area contributed by atoms with E-state index in [-0.39, 0.29) is 11.6 Å². The number of nitrogens with zero attached hydrogens (tertiary/aromatic N) is 3. The molecule has 0 atom stereocenters. The fourth-order valence-electron chi connectivity index (χ4n) is 2.62. The molecule has 0 unspecified atom stereocenters. The molecular weight excluding hydrogens is 234 g/mol. The maximum atomic E-state index is 12.3. The van der Waals surface area contributed by atoms with Crippen LogP contribution in [0.2, 0.25) is 0 Å². The van der Waals surface area contributed by atoms with Gasteiger partial charge in [0.25, 0.3) is 5.91 Å². The van der Waals surface area contributed by atoms with Crippen molar-refractivity contribution in [2.75, 3.05) is 13.1 Å². The molecule has 0 aliphatic carbocycles. The van der Waals surface area contributed by atoms with Crippen LogP contribution in [-0.2, 0) is 6.67 Å². The van der Waals surface area contributed by atoms with Crippen molar-refractivity contribution < 1.29 is 9.90 Å². The second-order valence-corrected chi connectivity index (χ2v) is 4.82. The van der Waals surface area contributed by atoms with Gasteiger partial charge in [0.1, 0.15) is 0 Å². The summed E-state index contributed by atoms with van der Waals surface area (Å²) in [5.74, 6) is -0.708. The second-order valence-electron chi connectivity index (χ2n) is 4.82. The first kappa shape index (κ1) is 11.3. The van der Waals surface area contributed by atoms with Crippen LogP contribution in [0.5, 0.6) is 5.75 Å². The Morgan fingerprint density at radius 3 is 2.72 bits per heavy atom. The summed E-state index contributed by atoms with van der Waals surface area (Å²) in [4.78, 5) is 24.0. The molecule has 1 N–H and O–H groups in total. The number of hydrogen-bond acceptors (Lipinski definition) is 4. The third kappa shape index (κ3) is 1.45. The first-order chi connectivity index (χ1) is 8.59. The monoisotopic (exact) mass is 249 g/mol. The topological polar surface area (TPSA) is 65.8 Å². The van der Waals surface area contributed by atoms with Gasteiger partial charge in [-0.2, -0.15) is 5.01 Å². The van der Waals surface area contributed by atoms with Crippen LogP contribution in [0, 0.1) is 6.92 Å². The minimum absolute atomic E-state index is 0.115. The van der Waals surface area contributed by atoms with Crippen molar-refractivity contribution in [2.24, 2.45) is 0 Å². The maximum Gasteiger partial charge on any atom is 0.288 e. The van der Waals surface area contributed by atoms with Gasteiger partial charge < -0.3 is 9.67 Å². The molecule has 2 aliphatic heterocycles. The largest absolute Gasteiger partial charge is 0.503 e. The molecule has 1 amide bonds. The molecule has 0 spiro atoms. The number of aryl methyl sites for hydroxylation is 1. The average Bonchev–Trinajstić information content (AvgIpc) is 2.36. The van der Waals surface area contributed by atoms with Gasteiger partial charge in [-0.05, 0) is 19.8 Å². The van der Waals surface area contributed by atoms with Crippen LogP contribution in [0.25, 0.3) is 0 Å². The van der Waals surface area contributed by atoms with E-state index in [9.17, 15) is 14.7 Å². The zero-order chi connectivity index (χ0) is 12.9. The minimum atomic E-state index is -0.458. The van der Waals surface area contributed by atoms with Crippen LogP contribution in [0.4, 0.5) is 0 Å². The molecule has 0 saturated carbocycles. The number of hydrazine groups is 1. The predicted octanol–water partition coefficient (Wildman–Crippen LogP) is 0.286. The molecule has 0 radical (unpaired) electrons. The van der Waals surface area contributed by atoms with Crippen LogP contribution in [-0.4, -0.2) is 38.7 Å². The Balaban J connectivity index is 2.16. The maximum absolute atomic E-state index is 12.3. The lowest BCUT2D eigenvalue weighted by Crippen LogP contribution is -2.55. The molecule has 3 heterocycles. The van der Waals surface area contributed by atoms with Crippen molar-refractivity contribution in [3.05, 3.63) is 27.7 Å². The normalized spacial score (nSPS) is 19.6. The van der Waals surface area contributed by atoms with E-state index in [0.29, 0.717) is 18.8 Å². The van der Waals surface area contributed by atoms with Crippen molar-refractivity contribution in [3.63, 3.8) is 0 Å². The van der Waals surface area contributed by atoms with E-state index in [4.69, 9.17) is 0 Å². The Morgan fingerprint density at radius 1 is 1.22 bits per heavy atom. The molecule has 6 nitrogen and oxygen atoms in total. The highest BCUT2D eigenvalue weighted by Crippen LogP contribution is 2.25. The Labute approximate surface area is 104 Å². The van der Waals surface area contributed by atoms with Crippen LogP contribution in [0.15, 0.2) is 11.0 Å². The fourth-order valence-corrected chi connectivity index (χ4v) is 2.62. The summed E-state index contributed by atoms with van der Waals surface area (Å²) in [5, 5.41) is 13.5. The van der Waals surface area contributed by atoms with Crippen molar-refractivity contribution in [1.29, 1.82) is 0 Å². The third-order valence-corrected chi connectivity index (χ3v) is 3.56. The molecule has 1 aromatic rings. The first-order valence-electron chi connectivity index (χ1n) is 6.09. The summed E-state index contributed by atoms with van der Waals surface area (Å²) in [6, 6.07) is 0. The number of amides is 1. The SMILES string of the molecule is Cc1cn2c(c(O)c1=O)C(=O)N1CCCCN1C2. The number of aromatic nitrogens is 1. The molecular formula is C12H15N3O3. The molecule has 6 heteroatoms. The molecule has 2 aliphatic rings. The van der Waals surface area contributed by atoms with Gasteiger partial charge in [0.2, 0.25) is 5.43 Å². The van der Waals surface area contributed by atoms with Crippen LogP contribution < -0.4 is 5.43 Å². The van der Waals surface area contributed by atoms with E-state index in [0.717, 1.165) is 19.4 Å². The lowest BCUT2D eigenvalue weighted by molar-refractivity contribution is -0.0621. The quantitative estimate of drug-likeness (QED) is 0.717. The standard InChI is InChI=1S/C12H15N3O3/c1-8-6-13-7-14-4-2-3-5-15(14)12(18)9(13)11(17)10(8)16/h6,17H,2-5,7H2,1H3. The van der Waals surface area contributed by atoms with Crippen molar-refractivity contribution in [3.8, 4) is 5.75 Å². The number of carbonyl (C=O) groups is 1. The summed E-state index contributed by atoms with van der Waals surface area (Å²) in [6.45, 7) is 3.63. The first-order valence-corrected chi connectivity index (χ1v) is 6.09. The molecule has 0 aromatic carbocycles. The van der Waals surface area contributed by atoms with Gasteiger partial charge in [-0.15, -0.1) is 0 Å². The highest BCUT2D eigenvalue weighted by molar-refractivity contribution is 5.95. The van der Waals surface area contributed by atoms with E-state index in [1.165, 1.54) is 0 Å². The zero-order valence-electron chi connectivity index (χ0n) is 10.2. The zero-order valence-corrected chi connectivity index (χ0v) is 10.2. The van der Waals surface area contributed by atoms with Gasteiger partial charge in [-0.3, -0.25) is 14.6 Å². The van der Waals surface area contributed by atoms with Gasteiger partial charge in [0.15, 0.2) is 11.4 Å². The van der Waals surface area contributed by atoms with Gasteiger partial charge in [0.05, 0.1) is 6.67 Å². The number of pyridine rings is 1. The highest BCUT2D eigenvalue weighted by Gasteiger charge is 2.34. The van der Waals surface area contributed by atoms with Crippen molar-refractivity contribution in [1.82, 2.24) is 14.6 Å². The average molecular weight is 249 g/mol. The number of carbonyl (C=O) groups excluding carboxylic acids is 1. The van der Waals surface area contributed by atoms with Gasteiger partial charge in [0, 0.05) is 24.8 Å². The number of hydrogen-bond donors (Lipinski definition) is 1. The lowest BCUT2D eigenvalue weighted by atomic mass is 10.1. The summed E-state index contributed by atoms with van der Waals surface area (Å²) in [6.07, 6.45) is 3.66.